The van der Waals surface area contributed by atoms with Crippen LogP contribution in [-0.4, -0.2) is 23.9 Å². The highest BCUT2D eigenvalue weighted by atomic mass is 16.2. The minimum Gasteiger partial charge on any atom is -0.343 e. The third kappa shape index (κ3) is 3.57. The summed E-state index contributed by atoms with van der Waals surface area (Å²) in [6.45, 7) is 3.93. The van der Waals surface area contributed by atoms with Gasteiger partial charge in [-0.05, 0) is 31.5 Å². The highest BCUT2D eigenvalue weighted by Crippen LogP contribution is 2.16. The Morgan fingerprint density at radius 2 is 1.94 bits per heavy atom. The fraction of sp³-hybridized carbons (Fsp3) is 0.429. The summed E-state index contributed by atoms with van der Waals surface area (Å²) in [5, 5.41) is 8.70. The van der Waals surface area contributed by atoms with Gasteiger partial charge in [-0.1, -0.05) is 12.1 Å². The standard InChI is InChI=1S/C14H19N3O/c1-10(2)17(3)14(18)8-13(16)12-6-4-11(9-15)5-7-12/h4-7,10,13H,8,16H2,1-3H3. The monoisotopic (exact) mass is 245 g/mol. The van der Waals surface area contributed by atoms with Crippen molar-refractivity contribution in [3.05, 3.63) is 35.4 Å². The van der Waals surface area contributed by atoms with Crippen LogP contribution in [0, 0.1) is 11.3 Å². The number of nitrogens with zero attached hydrogens (tertiary/aromatic N) is 2. The van der Waals surface area contributed by atoms with Crippen LogP contribution in [0.15, 0.2) is 24.3 Å². The molecule has 1 unspecified atom stereocenters. The van der Waals surface area contributed by atoms with Crippen molar-refractivity contribution in [1.82, 2.24) is 4.90 Å². The number of nitrogens with two attached hydrogens (primary N) is 1. The van der Waals surface area contributed by atoms with E-state index in [1.54, 1.807) is 36.2 Å². The van der Waals surface area contributed by atoms with Crippen LogP contribution < -0.4 is 5.73 Å². The van der Waals surface area contributed by atoms with E-state index in [1.165, 1.54) is 0 Å². The highest BCUT2D eigenvalue weighted by molar-refractivity contribution is 5.77. The third-order valence-corrected chi connectivity index (χ3v) is 3.03. The van der Waals surface area contributed by atoms with Gasteiger partial charge in [-0.3, -0.25) is 4.79 Å². The summed E-state index contributed by atoms with van der Waals surface area (Å²) >= 11 is 0. The number of amides is 1. The Morgan fingerprint density at radius 1 is 1.39 bits per heavy atom. The van der Waals surface area contributed by atoms with Gasteiger partial charge in [-0.2, -0.15) is 5.26 Å². The van der Waals surface area contributed by atoms with Gasteiger partial charge in [-0.15, -0.1) is 0 Å². The van der Waals surface area contributed by atoms with Crippen LogP contribution in [0.3, 0.4) is 0 Å². The van der Waals surface area contributed by atoms with Gasteiger partial charge in [0.2, 0.25) is 5.91 Å². The average Bonchev–Trinajstić information content (AvgIpc) is 2.37. The fourth-order valence-electron chi connectivity index (χ4n) is 1.54. The van der Waals surface area contributed by atoms with E-state index in [0.29, 0.717) is 5.56 Å². The lowest BCUT2D eigenvalue weighted by atomic mass is 10.0. The summed E-state index contributed by atoms with van der Waals surface area (Å²) in [4.78, 5) is 13.6. The van der Waals surface area contributed by atoms with Crippen molar-refractivity contribution in [2.24, 2.45) is 5.73 Å². The first kappa shape index (κ1) is 14.2. The van der Waals surface area contributed by atoms with Crippen molar-refractivity contribution >= 4 is 5.91 Å². The van der Waals surface area contributed by atoms with Crippen molar-refractivity contribution < 1.29 is 4.79 Å². The van der Waals surface area contributed by atoms with Crippen LogP contribution >= 0.6 is 0 Å². The molecule has 0 saturated carbocycles. The molecule has 2 N–H and O–H groups in total. The zero-order chi connectivity index (χ0) is 13.7. The largest absolute Gasteiger partial charge is 0.343 e. The summed E-state index contributed by atoms with van der Waals surface area (Å²) in [5.41, 5.74) is 7.46. The van der Waals surface area contributed by atoms with E-state index in [4.69, 9.17) is 11.0 Å². The molecule has 0 aromatic heterocycles. The summed E-state index contributed by atoms with van der Waals surface area (Å²) < 4.78 is 0. The van der Waals surface area contributed by atoms with Crippen LogP contribution in [0.5, 0.6) is 0 Å². The van der Waals surface area contributed by atoms with Crippen molar-refractivity contribution in [2.75, 3.05) is 7.05 Å². The molecule has 4 nitrogen and oxygen atoms in total. The topological polar surface area (TPSA) is 70.1 Å². The number of carbonyl (C=O) groups excluding carboxylic acids is 1. The molecule has 0 aliphatic carbocycles. The molecule has 1 atom stereocenters. The first-order valence-electron chi connectivity index (χ1n) is 5.97. The molecule has 0 aliphatic heterocycles. The molecule has 1 aromatic rings. The molecule has 4 heteroatoms. The Morgan fingerprint density at radius 3 is 2.39 bits per heavy atom. The number of rotatable bonds is 4. The molecule has 0 fully saturated rings. The third-order valence-electron chi connectivity index (χ3n) is 3.03. The maximum absolute atomic E-state index is 11.9. The van der Waals surface area contributed by atoms with Crippen molar-refractivity contribution in [1.29, 1.82) is 5.26 Å². The molecule has 0 saturated heterocycles. The van der Waals surface area contributed by atoms with Gasteiger partial charge in [0.1, 0.15) is 0 Å². The number of hydrogen-bond acceptors (Lipinski definition) is 3. The Bertz CT molecular complexity index is 445. The zero-order valence-corrected chi connectivity index (χ0v) is 11.1. The van der Waals surface area contributed by atoms with Crippen molar-refractivity contribution in [2.45, 2.75) is 32.4 Å². The van der Waals surface area contributed by atoms with Crippen LogP contribution in [-0.2, 0) is 4.79 Å². The molecule has 1 aromatic carbocycles. The molecule has 1 amide bonds. The SMILES string of the molecule is CC(C)N(C)C(=O)CC(N)c1ccc(C#N)cc1. The first-order valence-corrected chi connectivity index (χ1v) is 5.97. The average molecular weight is 245 g/mol. The van der Waals surface area contributed by atoms with Crippen LogP contribution in [0.1, 0.15) is 37.4 Å². The number of carbonyl (C=O) groups is 1. The maximum atomic E-state index is 11.9. The summed E-state index contributed by atoms with van der Waals surface area (Å²) in [7, 11) is 1.78. The predicted molar refractivity (Wildman–Crippen MR) is 70.6 cm³/mol. The lowest BCUT2D eigenvalue weighted by molar-refractivity contribution is -0.131. The van der Waals surface area contributed by atoms with E-state index in [-0.39, 0.29) is 24.4 Å². The molecule has 1 rings (SSSR count). The molecule has 18 heavy (non-hydrogen) atoms. The van der Waals surface area contributed by atoms with Gasteiger partial charge in [0.25, 0.3) is 0 Å². The molecule has 0 bridgehead atoms. The van der Waals surface area contributed by atoms with Gasteiger partial charge < -0.3 is 10.6 Å². The second-order valence-electron chi connectivity index (χ2n) is 4.64. The van der Waals surface area contributed by atoms with E-state index >= 15 is 0 Å². The van der Waals surface area contributed by atoms with Gasteiger partial charge in [-0.25, -0.2) is 0 Å². The minimum atomic E-state index is -0.327. The molecule has 0 aliphatic rings. The minimum absolute atomic E-state index is 0.0295. The molecule has 0 radical (unpaired) electrons. The lowest BCUT2D eigenvalue weighted by Crippen LogP contribution is -2.34. The van der Waals surface area contributed by atoms with Gasteiger partial charge in [0, 0.05) is 25.6 Å². The van der Waals surface area contributed by atoms with E-state index in [9.17, 15) is 4.79 Å². The highest BCUT2D eigenvalue weighted by Gasteiger charge is 2.16. The predicted octanol–water partition coefficient (Wildman–Crippen LogP) is 1.81. The number of benzene rings is 1. The molecule has 96 valence electrons. The van der Waals surface area contributed by atoms with Crippen LogP contribution in [0.4, 0.5) is 0 Å². The number of hydrogen-bond donors (Lipinski definition) is 1. The van der Waals surface area contributed by atoms with Gasteiger partial charge in [0.05, 0.1) is 11.6 Å². The molecule has 0 heterocycles. The normalized spacial score (nSPS) is 12.0. The molecular weight excluding hydrogens is 226 g/mol. The Balaban J connectivity index is 2.67. The van der Waals surface area contributed by atoms with Crippen LogP contribution in [0.25, 0.3) is 0 Å². The van der Waals surface area contributed by atoms with E-state index in [2.05, 4.69) is 6.07 Å². The van der Waals surface area contributed by atoms with E-state index in [0.717, 1.165) is 5.56 Å². The van der Waals surface area contributed by atoms with Crippen molar-refractivity contribution in [3.8, 4) is 6.07 Å². The lowest BCUT2D eigenvalue weighted by Gasteiger charge is -2.23. The smallest absolute Gasteiger partial charge is 0.224 e. The summed E-state index contributed by atoms with van der Waals surface area (Å²) in [6.07, 6.45) is 0.278. The Kier molecular flexibility index (Phi) is 4.87. The Labute approximate surface area is 108 Å². The maximum Gasteiger partial charge on any atom is 0.224 e. The quantitative estimate of drug-likeness (QED) is 0.879. The first-order chi connectivity index (χ1) is 8.45. The van der Waals surface area contributed by atoms with E-state index in [1.807, 2.05) is 13.8 Å². The number of nitriles is 1. The second kappa shape index (κ2) is 6.18. The fourth-order valence-corrected chi connectivity index (χ4v) is 1.54. The zero-order valence-electron chi connectivity index (χ0n) is 11.1. The van der Waals surface area contributed by atoms with Crippen molar-refractivity contribution in [3.63, 3.8) is 0 Å². The van der Waals surface area contributed by atoms with Gasteiger partial charge >= 0.3 is 0 Å². The summed E-state index contributed by atoms with van der Waals surface area (Å²) in [5.74, 6) is 0.0295. The second-order valence-corrected chi connectivity index (χ2v) is 4.64. The van der Waals surface area contributed by atoms with Crippen LogP contribution in [0.2, 0.25) is 0 Å². The summed E-state index contributed by atoms with van der Waals surface area (Å²) in [6, 6.07) is 8.92. The van der Waals surface area contributed by atoms with Gasteiger partial charge in [0.15, 0.2) is 0 Å². The molecular formula is C14H19N3O. The Hall–Kier alpha value is -1.86. The molecule has 0 spiro atoms. The van der Waals surface area contributed by atoms with E-state index < -0.39 is 0 Å².